The van der Waals surface area contributed by atoms with Crippen LogP contribution in [-0.2, 0) is 9.53 Å². The van der Waals surface area contributed by atoms with Gasteiger partial charge in [-0.1, -0.05) is 27.7 Å². The topological polar surface area (TPSA) is 38.3 Å². The van der Waals surface area contributed by atoms with Crippen LogP contribution in [0.4, 0.5) is 0 Å². The fraction of sp³-hybridized carbons (Fsp3) is 0.933. The van der Waals surface area contributed by atoms with E-state index in [1.54, 1.807) is 0 Å². The van der Waals surface area contributed by atoms with Crippen LogP contribution in [0.2, 0.25) is 0 Å². The zero-order valence-electron chi connectivity index (χ0n) is 13.0. The predicted octanol–water partition coefficient (Wildman–Crippen LogP) is 3.21. The lowest BCUT2D eigenvalue weighted by molar-refractivity contribution is -0.127. The van der Waals surface area contributed by atoms with E-state index in [-0.39, 0.29) is 40.7 Å². The number of hydrogen-bond donors (Lipinski definition) is 1. The standard InChI is InChI=1S/C15H28ClNO2/c1-9-10(2)19-11(3)13(9)14(18)17-8-12(16)7-15(4,5)6/h9-13H,7-8H2,1-6H3,(H,17,18). The van der Waals surface area contributed by atoms with E-state index in [0.29, 0.717) is 6.54 Å². The van der Waals surface area contributed by atoms with E-state index in [9.17, 15) is 4.79 Å². The van der Waals surface area contributed by atoms with Gasteiger partial charge < -0.3 is 10.1 Å². The van der Waals surface area contributed by atoms with Crippen LogP contribution in [0.15, 0.2) is 0 Å². The van der Waals surface area contributed by atoms with Gasteiger partial charge in [-0.05, 0) is 31.6 Å². The van der Waals surface area contributed by atoms with Crippen LogP contribution in [0, 0.1) is 17.3 Å². The summed E-state index contributed by atoms with van der Waals surface area (Å²) in [4.78, 5) is 12.2. The Kier molecular flexibility index (Phi) is 5.69. The molecule has 19 heavy (non-hydrogen) atoms. The SMILES string of the molecule is CC1OC(C)C(C(=O)NCC(Cl)CC(C)(C)C)C1C. The van der Waals surface area contributed by atoms with Crippen LogP contribution in [0.1, 0.15) is 48.0 Å². The molecule has 0 radical (unpaired) electrons. The smallest absolute Gasteiger partial charge is 0.226 e. The molecular weight excluding hydrogens is 262 g/mol. The molecule has 5 unspecified atom stereocenters. The molecule has 1 saturated heterocycles. The number of nitrogens with one attached hydrogen (secondary N) is 1. The molecule has 0 aromatic heterocycles. The fourth-order valence-corrected chi connectivity index (χ4v) is 3.32. The van der Waals surface area contributed by atoms with E-state index in [1.165, 1.54) is 0 Å². The Morgan fingerprint density at radius 3 is 2.26 bits per heavy atom. The summed E-state index contributed by atoms with van der Waals surface area (Å²) < 4.78 is 5.70. The number of carbonyl (C=O) groups excluding carboxylic acids is 1. The Labute approximate surface area is 122 Å². The van der Waals surface area contributed by atoms with Gasteiger partial charge in [0.1, 0.15) is 0 Å². The Bertz CT molecular complexity index is 314. The summed E-state index contributed by atoms with van der Waals surface area (Å²) in [5.74, 6) is 0.267. The molecule has 0 aliphatic carbocycles. The number of halogens is 1. The van der Waals surface area contributed by atoms with E-state index in [4.69, 9.17) is 16.3 Å². The van der Waals surface area contributed by atoms with E-state index in [2.05, 4.69) is 33.0 Å². The zero-order valence-corrected chi connectivity index (χ0v) is 13.8. The normalized spacial score (nSPS) is 33.2. The number of carbonyl (C=O) groups is 1. The molecule has 4 heteroatoms. The molecule has 3 nitrogen and oxygen atoms in total. The zero-order chi connectivity index (χ0) is 14.8. The van der Waals surface area contributed by atoms with Crippen LogP contribution >= 0.6 is 11.6 Å². The number of amides is 1. The maximum atomic E-state index is 12.2. The summed E-state index contributed by atoms with van der Waals surface area (Å²) in [5.41, 5.74) is 0.183. The van der Waals surface area contributed by atoms with Gasteiger partial charge in [0.25, 0.3) is 0 Å². The quantitative estimate of drug-likeness (QED) is 0.807. The van der Waals surface area contributed by atoms with Gasteiger partial charge in [0.15, 0.2) is 0 Å². The highest BCUT2D eigenvalue weighted by molar-refractivity contribution is 6.20. The Balaban J connectivity index is 2.43. The first-order valence-electron chi connectivity index (χ1n) is 7.19. The first kappa shape index (κ1) is 16.8. The third-order valence-electron chi connectivity index (χ3n) is 3.88. The average Bonchev–Trinajstić information content (AvgIpc) is 2.47. The maximum Gasteiger partial charge on any atom is 0.226 e. The van der Waals surface area contributed by atoms with Crippen LogP contribution in [-0.4, -0.2) is 30.0 Å². The molecule has 1 aliphatic heterocycles. The second-order valence-corrected chi connectivity index (χ2v) is 7.66. The van der Waals surface area contributed by atoms with Crippen molar-refractivity contribution in [3.63, 3.8) is 0 Å². The summed E-state index contributed by atoms with van der Waals surface area (Å²) in [7, 11) is 0. The van der Waals surface area contributed by atoms with Crippen molar-refractivity contribution in [3.05, 3.63) is 0 Å². The Morgan fingerprint density at radius 2 is 1.84 bits per heavy atom. The Morgan fingerprint density at radius 1 is 1.26 bits per heavy atom. The highest BCUT2D eigenvalue weighted by Crippen LogP contribution is 2.32. The van der Waals surface area contributed by atoms with Crippen LogP contribution in [0.5, 0.6) is 0 Å². The fourth-order valence-electron chi connectivity index (χ4n) is 2.78. The number of alkyl halides is 1. The third-order valence-corrected chi connectivity index (χ3v) is 4.18. The summed E-state index contributed by atoms with van der Waals surface area (Å²) in [6.45, 7) is 13.1. The highest BCUT2D eigenvalue weighted by Gasteiger charge is 2.41. The van der Waals surface area contributed by atoms with Crippen molar-refractivity contribution in [1.29, 1.82) is 0 Å². The van der Waals surface area contributed by atoms with Crippen molar-refractivity contribution in [2.75, 3.05) is 6.54 Å². The molecule has 0 aromatic rings. The molecule has 0 spiro atoms. The molecule has 1 N–H and O–H groups in total. The summed E-state index contributed by atoms with van der Waals surface area (Å²) in [5, 5.41) is 2.96. The van der Waals surface area contributed by atoms with E-state index < -0.39 is 0 Å². The van der Waals surface area contributed by atoms with Crippen LogP contribution in [0.25, 0.3) is 0 Å². The lowest BCUT2D eigenvalue weighted by Gasteiger charge is -2.23. The Hall–Kier alpha value is -0.280. The van der Waals surface area contributed by atoms with Crippen molar-refractivity contribution < 1.29 is 9.53 Å². The van der Waals surface area contributed by atoms with E-state index in [0.717, 1.165) is 6.42 Å². The molecule has 112 valence electrons. The van der Waals surface area contributed by atoms with Crippen LogP contribution < -0.4 is 5.32 Å². The highest BCUT2D eigenvalue weighted by atomic mass is 35.5. The predicted molar refractivity (Wildman–Crippen MR) is 79.4 cm³/mol. The van der Waals surface area contributed by atoms with Crippen LogP contribution in [0.3, 0.4) is 0 Å². The van der Waals surface area contributed by atoms with Gasteiger partial charge in [0.05, 0.1) is 23.5 Å². The molecule has 1 heterocycles. The van der Waals surface area contributed by atoms with Gasteiger partial charge in [0.2, 0.25) is 5.91 Å². The largest absolute Gasteiger partial charge is 0.374 e. The molecule has 0 aromatic carbocycles. The van der Waals surface area contributed by atoms with E-state index in [1.807, 2.05) is 13.8 Å². The molecule has 1 aliphatic rings. The molecular formula is C15H28ClNO2. The van der Waals surface area contributed by atoms with Crippen molar-refractivity contribution in [2.45, 2.75) is 65.5 Å². The van der Waals surface area contributed by atoms with Gasteiger partial charge >= 0.3 is 0 Å². The van der Waals surface area contributed by atoms with Crippen molar-refractivity contribution in [2.24, 2.45) is 17.3 Å². The lowest BCUT2D eigenvalue weighted by atomic mass is 9.88. The maximum absolute atomic E-state index is 12.2. The molecule has 1 amide bonds. The first-order valence-corrected chi connectivity index (χ1v) is 7.62. The second-order valence-electron chi connectivity index (χ2n) is 7.04. The molecule has 1 fully saturated rings. The molecule has 0 bridgehead atoms. The van der Waals surface area contributed by atoms with Gasteiger partial charge in [-0.15, -0.1) is 11.6 Å². The van der Waals surface area contributed by atoms with Gasteiger partial charge in [0, 0.05) is 6.54 Å². The van der Waals surface area contributed by atoms with Crippen molar-refractivity contribution in [3.8, 4) is 0 Å². The monoisotopic (exact) mass is 289 g/mol. The lowest BCUT2D eigenvalue weighted by Crippen LogP contribution is -2.40. The minimum atomic E-state index is -0.0616. The van der Waals surface area contributed by atoms with Crippen molar-refractivity contribution >= 4 is 17.5 Å². The molecule has 0 saturated carbocycles. The first-order chi connectivity index (χ1) is 8.61. The third kappa shape index (κ3) is 4.96. The minimum Gasteiger partial charge on any atom is -0.374 e. The van der Waals surface area contributed by atoms with Gasteiger partial charge in [-0.3, -0.25) is 4.79 Å². The summed E-state index contributed by atoms with van der Waals surface area (Å²) in [6.07, 6.45) is 1.02. The average molecular weight is 290 g/mol. The number of rotatable bonds is 4. The second kappa shape index (κ2) is 6.45. The number of hydrogen-bond acceptors (Lipinski definition) is 2. The minimum absolute atomic E-state index is 0.0126. The number of ether oxygens (including phenoxy) is 1. The summed E-state index contributed by atoms with van der Waals surface area (Å²) in [6, 6.07) is 0. The molecule has 5 atom stereocenters. The van der Waals surface area contributed by atoms with Gasteiger partial charge in [-0.2, -0.15) is 0 Å². The van der Waals surface area contributed by atoms with E-state index >= 15 is 0 Å². The van der Waals surface area contributed by atoms with Gasteiger partial charge in [-0.25, -0.2) is 0 Å². The molecule has 1 rings (SSSR count). The summed E-state index contributed by atoms with van der Waals surface area (Å²) >= 11 is 6.27. The van der Waals surface area contributed by atoms with Crippen molar-refractivity contribution in [1.82, 2.24) is 5.32 Å².